The Morgan fingerprint density at radius 1 is 1.16 bits per heavy atom. The van der Waals surface area contributed by atoms with Crippen LogP contribution in [-0.4, -0.2) is 38.1 Å². The van der Waals surface area contributed by atoms with Crippen molar-refractivity contribution in [1.29, 1.82) is 0 Å². The summed E-state index contributed by atoms with van der Waals surface area (Å²) in [6, 6.07) is 12.0. The van der Waals surface area contributed by atoms with Gasteiger partial charge in [0.25, 0.3) is 17.4 Å². The Bertz CT molecular complexity index is 1210. The number of para-hydroxylation sites is 1. The molecule has 8 nitrogen and oxygen atoms in total. The molecule has 158 valence electrons. The molecule has 1 aliphatic rings. The molecule has 2 aromatic carbocycles. The van der Waals surface area contributed by atoms with E-state index in [9.17, 15) is 24.8 Å². The van der Waals surface area contributed by atoms with Crippen LogP contribution in [0.2, 0.25) is 0 Å². The fourth-order valence-corrected chi connectivity index (χ4v) is 3.98. The summed E-state index contributed by atoms with van der Waals surface area (Å²) in [5.41, 5.74) is 1.67. The molecule has 1 aliphatic heterocycles. The fourth-order valence-electron chi connectivity index (χ4n) is 3.98. The number of hydrogen-bond acceptors (Lipinski definition) is 5. The zero-order chi connectivity index (χ0) is 22.1. The van der Waals surface area contributed by atoms with E-state index in [0.29, 0.717) is 13.0 Å². The number of nitrogens with zero attached hydrogens (tertiary/aromatic N) is 2. The molecule has 1 amide bonds. The summed E-state index contributed by atoms with van der Waals surface area (Å²) in [7, 11) is 0. The van der Waals surface area contributed by atoms with E-state index >= 15 is 0 Å². The molecule has 4 rings (SSSR count). The predicted molar refractivity (Wildman–Crippen MR) is 115 cm³/mol. The number of ketones is 1. The molecule has 2 heterocycles. The number of carbonyl (C=O) groups excluding carboxylic acids is 2. The number of benzene rings is 2. The number of H-pyrrole nitrogens is 1. The van der Waals surface area contributed by atoms with Gasteiger partial charge in [0.2, 0.25) is 0 Å². The highest BCUT2D eigenvalue weighted by atomic mass is 16.6. The van der Waals surface area contributed by atoms with Crippen LogP contribution < -0.4 is 0 Å². The van der Waals surface area contributed by atoms with Gasteiger partial charge < -0.3 is 15.0 Å². The van der Waals surface area contributed by atoms with Gasteiger partial charge in [-0.2, -0.15) is 0 Å². The molecular formula is C23H21N3O5. The Morgan fingerprint density at radius 2 is 1.87 bits per heavy atom. The Morgan fingerprint density at radius 3 is 2.55 bits per heavy atom. The molecule has 1 aromatic heterocycles. The number of non-ortho nitro benzene ring substituents is 1. The van der Waals surface area contributed by atoms with E-state index in [1.807, 2.05) is 31.2 Å². The van der Waals surface area contributed by atoms with Crippen LogP contribution in [0, 0.1) is 10.1 Å². The Hall–Kier alpha value is -3.94. The molecule has 2 N–H and O–H groups in total. The van der Waals surface area contributed by atoms with Crippen LogP contribution >= 0.6 is 0 Å². The number of unbranched alkanes of at least 4 members (excludes halogenated alkanes) is 1. The summed E-state index contributed by atoms with van der Waals surface area (Å²) < 4.78 is 0. The number of rotatable bonds is 6. The molecule has 1 saturated heterocycles. The summed E-state index contributed by atoms with van der Waals surface area (Å²) in [4.78, 5) is 40.9. The molecule has 0 radical (unpaired) electrons. The number of carbonyl (C=O) groups is 2. The zero-order valence-corrected chi connectivity index (χ0v) is 16.9. The summed E-state index contributed by atoms with van der Waals surface area (Å²) in [5.74, 6) is -1.77. The topological polar surface area (TPSA) is 117 Å². The summed E-state index contributed by atoms with van der Waals surface area (Å²) >= 11 is 0. The first-order valence-corrected chi connectivity index (χ1v) is 10.0. The van der Waals surface area contributed by atoms with Gasteiger partial charge in [-0.05, 0) is 24.6 Å². The Kier molecular flexibility index (Phi) is 5.29. The second-order valence-corrected chi connectivity index (χ2v) is 7.44. The van der Waals surface area contributed by atoms with E-state index in [2.05, 4.69) is 4.98 Å². The largest absolute Gasteiger partial charge is 0.507 e. The van der Waals surface area contributed by atoms with Gasteiger partial charge in [-0.25, -0.2) is 0 Å². The molecule has 31 heavy (non-hydrogen) atoms. The number of nitrogens with one attached hydrogen (secondary N) is 1. The van der Waals surface area contributed by atoms with Crippen LogP contribution in [0.4, 0.5) is 5.69 Å². The minimum Gasteiger partial charge on any atom is -0.507 e. The quantitative estimate of drug-likeness (QED) is 0.203. The second-order valence-electron chi connectivity index (χ2n) is 7.44. The maximum Gasteiger partial charge on any atom is 0.295 e. The van der Waals surface area contributed by atoms with Crippen molar-refractivity contribution in [1.82, 2.24) is 9.88 Å². The number of fused-ring (bicyclic) bond motifs is 1. The summed E-state index contributed by atoms with van der Waals surface area (Å²) in [6.07, 6.45) is 3.30. The van der Waals surface area contributed by atoms with E-state index in [1.165, 1.54) is 29.2 Å². The van der Waals surface area contributed by atoms with Gasteiger partial charge in [-0.15, -0.1) is 0 Å². The third kappa shape index (κ3) is 3.46. The first kappa shape index (κ1) is 20.3. The van der Waals surface area contributed by atoms with Crippen molar-refractivity contribution in [2.75, 3.05) is 6.54 Å². The lowest BCUT2D eigenvalue weighted by Gasteiger charge is -2.24. The maximum absolute atomic E-state index is 13.0. The average Bonchev–Trinajstić information content (AvgIpc) is 3.31. The van der Waals surface area contributed by atoms with E-state index in [1.54, 1.807) is 6.20 Å². The average molecular weight is 419 g/mol. The van der Waals surface area contributed by atoms with Crippen molar-refractivity contribution in [3.8, 4) is 0 Å². The van der Waals surface area contributed by atoms with Gasteiger partial charge in [0, 0.05) is 46.9 Å². The van der Waals surface area contributed by atoms with E-state index in [0.717, 1.165) is 22.9 Å². The monoisotopic (exact) mass is 419 g/mol. The summed E-state index contributed by atoms with van der Waals surface area (Å²) in [5, 5.41) is 22.8. The number of nitro benzene ring substituents is 1. The van der Waals surface area contributed by atoms with Gasteiger partial charge in [-0.1, -0.05) is 31.5 Å². The Balaban J connectivity index is 1.89. The molecule has 1 atom stereocenters. The van der Waals surface area contributed by atoms with E-state index < -0.39 is 22.7 Å². The smallest absolute Gasteiger partial charge is 0.295 e. The van der Waals surface area contributed by atoms with E-state index in [4.69, 9.17) is 0 Å². The normalized spacial score (nSPS) is 18.1. The molecule has 1 fully saturated rings. The predicted octanol–water partition coefficient (Wildman–Crippen LogP) is 4.30. The number of amides is 1. The van der Waals surface area contributed by atoms with Crippen molar-refractivity contribution in [3.63, 3.8) is 0 Å². The second kappa shape index (κ2) is 8.06. The molecule has 3 aromatic rings. The van der Waals surface area contributed by atoms with Crippen LogP contribution in [0.15, 0.2) is 60.3 Å². The molecule has 0 spiro atoms. The molecular weight excluding hydrogens is 398 g/mol. The van der Waals surface area contributed by atoms with Crippen molar-refractivity contribution in [2.45, 2.75) is 25.8 Å². The minimum atomic E-state index is -0.762. The summed E-state index contributed by atoms with van der Waals surface area (Å²) in [6.45, 7) is 2.37. The van der Waals surface area contributed by atoms with Crippen molar-refractivity contribution in [2.24, 2.45) is 0 Å². The van der Waals surface area contributed by atoms with Gasteiger partial charge in [0.1, 0.15) is 5.76 Å². The standard InChI is InChI=1S/C23H21N3O5/c1-2-3-12-25-20(17-13-24-18-7-5-4-6-16(17)18)19(22(28)23(25)29)21(27)14-8-10-15(11-9-14)26(30)31/h4-11,13,20,24,27H,2-3,12H2,1H3/b21-19+. The number of aromatic amines is 1. The van der Waals surface area contributed by atoms with Gasteiger partial charge in [-0.3, -0.25) is 19.7 Å². The van der Waals surface area contributed by atoms with Crippen molar-refractivity contribution < 1.29 is 19.6 Å². The lowest BCUT2D eigenvalue weighted by Crippen LogP contribution is -2.30. The fraction of sp³-hybridized carbons (Fsp3) is 0.217. The molecule has 8 heteroatoms. The maximum atomic E-state index is 13.0. The zero-order valence-electron chi connectivity index (χ0n) is 16.9. The molecule has 1 unspecified atom stereocenters. The van der Waals surface area contributed by atoms with Crippen LogP contribution in [-0.2, 0) is 9.59 Å². The molecule has 0 aliphatic carbocycles. The number of nitro groups is 1. The van der Waals surface area contributed by atoms with Crippen LogP contribution in [0.5, 0.6) is 0 Å². The molecule has 0 saturated carbocycles. The van der Waals surface area contributed by atoms with Gasteiger partial charge in [0.05, 0.1) is 16.5 Å². The highest BCUT2D eigenvalue weighted by molar-refractivity contribution is 6.46. The first-order chi connectivity index (χ1) is 14.9. The third-order valence-electron chi connectivity index (χ3n) is 5.56. The van der Waals surface area contributed by atoms with Crippen molar-refractivity contribution >= 4 is 34.0 Å². The van der Waals surface area contributed by atoms with E-state index in [-0.39, 0.29) is 22.6 Å². The van der Waals surface area contributed by atoms with Gasteiger partial charge >= 0.3 is 0 Å². The first-order valence-electron chi connectivity index (χ1n) is 10.0. The number of likely N-dealkylation sites (tertiary alicyclic amines) is 1. The van der Waals surface area contributed by atoms with Gasteiger partial charge in [0.15, 0.2) is 0 Å². The minimum absolute atomic E-state index is 0.0142. The Labute approximate surface area is 177 Å². The van der Waals surface area contributed by atoms with Crippen LogP contribution in [0.3, 0.4) is 0 Å². The lowest BCUT2D eigenvalue weighted by atomic mass is 9.95. The third-order valence-corrected chi connectivity index (χ3v) is 5.56. The SMILES string of the molecule is CCCCN1C(=O)C(=O)/C(=C(/O)c2ccc([N+](=O)[O-])cc2)C1c1c[nH]c2ccccc12. The lowest BCUT2D eigenvalue weighted by molar-refractivity contribution is -0.384. The van der Waals surface area contributed by atoms with Crippen LogP contribution in [0.1, 0.15) is 36.9 Å². The van der Waals surface area contributed by atoms with Crippen LogP contribution in [0.25, 0.3) is 16.7 Å². The number of hydrogen-bond donors (Lipinski definition) is 2. The highest BCUT2D eigenvalue weighted by Gasteiger charge is 2.46. The number of aromatic nitrogens is 1. The number of aliphatic hydroxyl groups excluding tert-OH is 1. The number of Topliss-reactive ketones (excluding diaryl/α,β-unsaturated/α-hetero) is 1. The highest BCUT2D eigenvalue weighted by Crippen LogP contribution is 2.42. The molecule has 0 bridgehead atoms. The van der Waals surface area contributed by atoms with Crippen molar-refractivity contribution in [3.05, 3.63) is 81.5 Å². The number of aliphatic hydroxyl groups is 1.